The van der Waals surface area contributed by atoms with Crippen molar-refractivity contribution in [3.05, 3.63) is 47.3 Å². The molecule has 0 aliphatic rings. The van der Waals surface area contributed by atoms with Crippen LogP contribution in [0.1, 0.15) is 23.2 Å². The third-order valence-electron chi connectivity index (χ3n) is 3.53. The first kappa shape index (κ1) is 15.5. The van der Waals surface area contributed by atoms with Crippen LogP contribution >= 0.6 is 12.2 Å². The lowest BCUT2D eigenvalue weighted by atomic mass is 10.1. The topological polar surface area (TPSA) is 41.9 Å². The second-order valence-electron chi connectivity index (χ2n) is 5.23. The zero-order chi connectivity index (χ0) is 15.2. The molecule has 0 atom stereocenters. The molecule has 112 valence electrons. The highest BCUT2D eigenvalue weighted by Gasteiger charge is 2.00. The van der Waals surface area contributed by atoms with Gasteiger partial charge in [-0.25, -0.2) is 0 Å². The van der Waals surface area contributed by atoms with Crippen LogP contribution in [0, 0.1) is 20.8 Å². The highest BCUT2D eigenvalue weighted by atomic mass is 32.1. The first-order chi connectivity index (χ1) is 10.1. The lowest BCUT2D eigenvalue weighted by Gasteiger charge is -2.12. The van der Waals surface area contributed by atoms with Crippen LogP contribution in [0.2, 0.25) is 0 Å². The third kappa shape index (κ3) is 4.56. The Morgan fingerprint density at radius 3 is 2.67 bits per heavy atom. The highest BCUT2D eigenvalue weighted by Crippen LogP contribution is 2.13. The summed E-state index contributed by atoms with van der Waals surface area (Å²) >= 11 is 5.31. The van der Waals surface area contributed by atoms with E-state index in [1.54, 1.807) is 0 Å². The van der Waals surface area contributed by atoms with Gasteiger partial charge in [-0.15, -0.1) is 0 Å². The molecule has 0 spiro atoms. The average Bonchev–Trinajstić information content (AvgIpc) is 2.85. The number of benzene rings is 1. The molecule has 0 saturated carbocycles. The number of nitrogens with zero attached hydrogens (tertiary/aromatic N) is 2. The van der Waals surface area contributed by atoms with Crippen LogP contribution < -0.4 is 10.6 Å². The first-order valence-electron chi connectivity index (χ1n) is 7.17. The molecule has 4 nitrogen and oxygen atoms in total. The van der Waals surface area contributed by atoms with Gasteiger partial charge in [-0.2, -0.15) is 5.10 Å². The van der Waals surface area contributed by atoms with E-state index in [-0.39, 0.29) is 0 Å². The first-order valence-corrected chi connectivity index (χ1v) is 7.57. The van der Waals surface area contributed by atoms with E-state index in [1.165, 1.54) is 16.8 Å². The number of anilines is 1. The van der Waals surface area contributed by atoms with Gasteiger partial charge < -0.3 is 10.6 Å². The lowest BCUT2D eigenvalue weighted by Crippen LogP contribution is -2.29. The van der Waals surface area contributed by atoms with Gasteiger partial charge in [0, 0.05) is 30.7 Å². The van der Waals surface area contributed by atoms with Gasteiger partial charge >= 0.3 is 0 Å². The van der Waals surface area contributed by atoms with Gasteiger partial charge in [0.05, 0.1) is 0 Å². The smallest absolute Gasteiger partial charge is 0.170 e. The molecule has 5 heteroatoms. The molecule has 1 aromatic heterocycles. The van der Waals surface area contributed by atoms with Crippen molar-refractivity contribution in [2.75, 3.05) is 11.9 Å². The zero-order valence-corrected chi connectivity index (χ0v) is 13.6. The van der Waals surface area contributed by atoms with Crippen LogP contribution in [-0.2, 0) is 6.54 Å². The van der Waals surface area contributed by atoms with Gasteiger partial charge in [0.1, 0.15) is 0 Å². The Hall–Kier alpha value is -1.88. The maximum Gasteiger partial charge on any atom is 0.170 e. The van der Waals surface area contributed by atoms with Crippen molar-refractivity contribution in [1.29, 1.82) is 0 Å². The Balaban J connectivity index is 1.72. The predicted octanol–water partition coefficient (Wildman–Crippen LogP) is 3.19. The van der Waals surface area contributed by atoms with E-state index in [9.17, 15) is 0 Å². The second kappa shape index (κ2) is 7.22. The number of rotatable bonds is 5. The molecule has 0 aliphatic heterocycles. The molecule has 0 radical (unpaired) electrons. The molecule has 21 heavy (non-hydrogen) atoms. The summed E-state index contributed by atoms with van der Waals surface area (Å²) in [6.45, 7) is 8.00. The second-order valence-corrected chi connectivity index (χ2v) is 5.64. The lowest BCUT2D eigenvalue weighted by molar-refractivity contribution is 0.561. The van der Waals surface area contributed by atoms with Crippen LogP contribution in [0.5, 0.6) is 0 Å². The maximum absolute atomic E-state index is 5.31. The van der Waals surface area contributed by atoms with Crippen molar-refractivity contribution < 1.29 is 0 Å². The fourth-order valence-corrected chi connectivity index (χ4v) is 2.28. The van der Waals surface area contributed by atoms with E-state index in [1.807, 2.05) is 23.0 Å². The highest BCUT2D eigenvalue weighted by molar-refractivity contribution is 7.80. The van der Waals surface area contributed by atoms with E-state index >= 15 is 0 Å². The summed E-state index contributed by atoms with van der Waals surface area (Å²) in [5.41, 5.74) is 4.76. The monoisotopic (exact) mass is 302 g/mol. The van der Waals surface area contributed by atoms with Crippen molar-refractivity contribution in [1.82, 2.24) is 15.1 Å². The fourth-order valence-electron chi connectivity index (χ4n) is 2.06. The quantitative estimate of drug-likeness (QED) is 0.657. The third-order valence-corrected chi connectivity index (χ3v) is 3.77. The average molecular weight is 302 g/mol. The van der Waals surface area contributed by atoms with Gasteiger partial charge in [0.15, 0.2) is 5.11 Å². The minimum atomic E-state index is 0.662. The van der Waals surface area contributed by atoms with E-state index < -0.39 is 0 Å². The van der Waals surface area contributed by atoms with Gasteiger partial charge in [-0.3, -0.25) is 4.68 Å². The summed E-state index contributed by atoms with van der Waals surface area (Å²) in [4.78, 5) is 0. The van der Waals surface area contributed by atoms with Crippen molar-refractivity contribution in [2.24, 2.45) is 0 Å². The van der Waals surface area contributed by atoms with Crippen LogP contribution in [0.15, 0.2) is 30.5 Å². The normalized spacial score (nSPS) is 10.4. The molecule has 0 amide bonds. The molecular weight excluding hydrogens is 280 g/mol. The molecule has 0 fully saturated rings. The number of hydrogen-bond acceptors (Lipinski definition) is 2. The minimum absolute atomic E-state index is 0.662. The molecule has 0 saturated heterocycles. The van der Waals surface area contributed by atoms with E-state index in [4.69, 9.17) is 12.2 Å². The maximum atomic E-state index is 5.31. The van der Waals surface area contributed by atoms with E-state index in [0.717, 1.165) is 25.2 Å². The van der Waals surface area contributed by atoms with Crippen LogP contribution in [-0.4, -0.2) is 21.4 Å². The minimum Gasteiger partial charge on any atom is -0.362 e. The summed E-state index contributed by atoms with van der Waals surface area (Å²) in [6.07, 6.45) is 2.81. The van der Waals surface area contributed by atoms with Crippen molar-refractivity contribution >= 4 is 23.0 Å². The molecule has 2 aromatic rings. The van der Waals surface area contributed by atoms with Crippen LogP contribution in [0.4, 0.5) is 5.69 Å². The molecule has 1 heterocycles. The molecule has 0 aliphatic carbocycles. The molecule has 0 unspecified atom stereocenters. The molecule has 2 rings (SSSR count). The van der Waals surface area contributed by atoms with Crippen LogP contribution in [0.3, 0.4) is 0 Å². The van der Waals surface area contributed by atoms with E-state index in [0.29, 0.717) is 5.11 Å². The zero-order valence-electron chi connectivity index (χ0n) is 12.8. The van der Waals surface area contributed by atoms with Gasteiger partial charge in [0.25, 0.3) is 0 Å². The number of aromatic nitrogens is 2. The Kier molecular flexibility index (Phi) is 5.33. The Labute approximate surface area is 131 Å². The van der Waals surface area contributed by atoms with Crippen molar-refractivity contribution in [3.8, 4) is 0 Å². The standard InChI is InChI=1S/C16H22N4S/c1-12-5-6-15(11-13(12)2)19-16(21)17-8-4-10-20-14(3)7-9-18-20/h5-7,9,11H,4,8,10H2,1-3H3,(H2,17,19,21). The summed E-state index contributed by atoms with van der Waals surface area (Å²) in [7, 11) is 0. The molecule has 0 bridgehead atoms. The number of hydrogen-bond donors (Lipinski definition) is 2. The summed E-state index contributed by atoms with van der Waals surface area (Å²) < 4.78 is 2.00. The predicted molar refractivity (Wildman–Crippen MR) is 91.7 cm³/mol. The Morgan fingerprint density at radius 1 is 1.19 bits per heavy atom. The molecular formula is C16H22N4S. The summed E-state index contributed by atoms with van der Waals surface area (Å²) in [5.74, 6) is 0. The summed E-state index contributed by atoms with van der Waals surface area (Å²) in [6, 6.07) is 8.26. The Bertz CT molecular complexity index is 618. The van der Waals surface area contributed by atoms with Gasteiger partial charge in [0.2, 0.25) is 0 Å². The largest absolute Gasteiger partial charge is 0.362 e. The number of nitrogens with one attached hydrogen (secondary N) is 2. The van der Waals surface area contributed by atoms with Gasteiger partial charge in [-0.05, 0) is 68.7 Å². The molecule has 2 N–H and O–H groups in total. The van der Waals surface area contributed by atoms with Crippen molar-refractivity contribution in [2.45, 2.75) is 33.7 Å². The Morgan fingerprint density at radius 2 is 2.00 bits per heavy atom. The van der Waals surface area contributed by atoms with Crippen LogP contribution in [0.25, 0.3) is 0 Å². The molecule has 1 aromatic carbocycles. The van der Waals surface area contributed by atoms with Crippen molar-refractivity contribution in [3.63, 3.8) is 0 Å². The number of thiocarbonyl (C=S) groups is 1. The van der Waals surface area contributed by atoms with Gasteiger partial charge in [-0.1, -0.05) is 6.07 Å². The number of aryl methyl sites for hydroxylation is 4. The van der Waals surface area contributed by atoms with E-state index in [2.05, 4.69) is 48.6 Å². The summed E-state index contributed by atoms with van der Waals surface area (Å²) in [5, 5.41) is 11.4. The fraction of sp³-hybridized carbons (Fsp3) is 0.375. The SMILES string of the molecule is Cc1ccc(NC(=S)NCCCn2nccc2C)cc1C.